The summed E-state index contributed by atoms with van der Waals surface area (Å²) >= 11 is 4.51. The van der Waals surface area contributed by atoms with Gasteiger partial charge in [-0.3, -0.25) is 0 Å². The van der Waals surface area contributed by atoms with Crippen molar-refractivity contribution in [1.82, 2.24) is 0 Å². The first-order valence-electron chi connectivity index (χ1n) is 10.0. The van der Waals surface area contributed by atoms with Crippen molar-refractivity contribution in [2.45, 2.75) is 59.5 Å². The fraction of sp³-hybridized carbons (Fsp3) is 0.500. The lowest BCUT2D eigenvalue weighted by Gasteiger charge is -2.87. The molecule has 0 atom stereocenters. The summed E-state index contributed by atoms with van der Waals surface area (Å²) in [4.78, 5) is 0. The van der Waals surface area contributed by atoms with Crippen LogP contribution in [0.5, 0.6) is 0 Å². The van der Waals surface area contributed by atoms with Crippen molar-refractivity contribution >= 4 is 23.5 Å². The quantitative estimate of drug-likeness (QED) is 0.526. The molecule has 0 nitrogen and oxygen atoms in total. The van der Waals surface area contributed by atoms with E-state index in [2.05, 4.69) is 84.2 Å². The van der Waals surface area contributed by atoms with Crippen LogP contribution in [0.3, 0.4) is 0 Å². The van der Waals surface area contributed by atoms with Gasteiger partial charge in [0.1, 0.15) is 0 Å². The summed E-state index contributed by atoms with van der Waals surface area (Å²) in [5.41, 5.74) is 4.54. The van der Waals surface area contributed by atoms with Gasteiger partial charge in [-0.2, -0.15) is 23.5 Å². The van der Waals surface area contributed by atoms with Crippen LogP contribution in [0.1, 0.15) is 49.7 Å². The summed E-state index contributed by atoms with van der Waals surface area (Å²) < 4.78 is 1.32. The van der Waals surface area contributed by atoms with E-state index >= 15 is 0 Å². The second kappa shape index (κ2) is 5.35. The molecule has 0 unspecified atom stereocenters. The Morgan fingerprint density at radius 3 is 1.23 bits per heavy atom. The highest BCUT2D eigenvalue weighted by molar-refractivity contribution is 8.00. The van der Waals surface area contributed by atoms with E-state index in [0.717, 1.165) is 10.8 Å². The highest BCUT2D eigenvalue weighted by Gasteiger charge is 2.84. The molecule has 0 spiro atoms. The maximum atomic E-state index is 2.28. The van der Waals surface area contributed by atoms with E-state index in [9.17, 15) is 0 Å². The topological polar surface area (TPSA) is 0 Å². The molecule has 0 radical (unpaired) electrons. The third-order valence-corrected chi connectivity index (χ3v) is 10.9. The molecule has 26 heavy (non-hydrogen) atoms. The molecule has 0 N–H and O–H groups in total. The van der Waals surface area contributed by atoms with E-state index in [1.54, 1.807) is 0 Å². The largest absolute Gasteiger partial charge is 0.150 e. The van der Waals surface area contributed by atoms with Crippen LogP contribution >= 0.6 is 23.5 Å². The molecule has 6 aliphatic carbocycles. The van der Waals surface area contributed by atoms with Gasteiger partial charge in [-0.15, -0.1) is 0 Å². The Kier molecular flexibility index (Phi) is 3.32. The van der Waals surface area contributed by atoms with Crippen molar-refractivity contribution in [3.63, 3.8) is 0 Å². The van der Waals surface area contributed by atoms with Gasteiger partial charge < -0.3 is 0 Å². The third kappa shape index (κ3) is 2.18. The second-order valence-corrected chi connectivity index (χ2v) is 12.4. The Hall–Kier alpha value is -0.860. The Bertz CT molecular complexity index is 715. The fourth-order valence-corrected chi connectivity index (χ4v) is 10.0. The Morgan fingerprint density at radius 2 is 0.885 bits per heavy atom. The van der Waals surface area contributed by atoms with Gasteiger partial charge in [-0.05, 0) is 60.5 Å². The molecule has 6 aliphatic rings. The normalized spacial score (nSPS) is 41.4. The van der Waals surface area contributed by atoms with Crippen LogP contribution in [0.15, 0.2) is 60.7 Å². The molecule has 2 aromatic carbocycles. The minimum absolute atomic E-state index is 0.662. The number of rotatable bonds is 7. The van der Waals surface area contributed by atoms with Crippen LogP contribution < -0.4 is 0 Å². The molecule has 0 aromatic heterocycles. The first kappa shape index (κ1) is 16.1. The molecular formula is C24H26S2. The highest BCUT2D eigenvalue weighted by Crippen LogP contribution is 2.91. The molecule has 0 heterocycles. The first-order chi connectivity index (χ1) is 12.6. The molecule has 2 heteroatoms. The lowest BCUT2D eigenvalue weighted by molar-refractivity contribution is -0.283. The maximum absolute atomic E-state index is 2.28. The van der Waals surface area contributed by atoms with E-state index in [4.69, 9.17) is 0 Å². The number of thioether (sulfide) groups is 2. The minimum atomic E-state index is 0.662. The second-order valence-electron chi connectivity index (χ2n) is 9.54. The first-order valence-corrected chi connectivity index (χ1v) is 12.0. The predicted octanol–water partition coefficient (Wildman–Crippen LogP) is 6.70. The highest BCUT2D eigenvalue weighted by atomic mass is 32.2. The lowest BCUT2D eigenvalue weighted by Crippen LogP contribution is -2.82. The number of benzene rings is 2. The van der Waals surface area contributed by atoms with Gasteiger partial charge in [0.25, 0.3) is 0 Å². The van der Waals surface area contributed by atoms with Gasteiger partial charge in [0, 0.05) is 21.0 Å². The van der Waals surface area contributed by atoms with E-state index in [1.165, 1.54) is 61.2 Å². The zero-order valence-electron chi connectivity index (χ0n) is 15.2. The number of hydrogen-bond acceptors (Lipinski definition) is 2. The lowest BCUT2D eigenvalue weighted by atomic mass is 9.23. The summed E-state index contributed by atoms with van der Waals surface area (Å²) in [6.07, 6.45) is 9.15. The summed E-state index contributed by atoms with van der Waals surface area (Å²) in [6.45, 7) is 0. The zero-order valence-corrected chi connectivity index (χ0v) is 16.9. The molecule has 6 saturated carbocycles. The average molecular weight is 379 g/mol. The summed E-state index contributed by atoms with van der Waals surface area (Å²) in [7, 11) is 0. The van der Waals surface area contributed by atoms with Crippen molar-refractivity contribution in [3.8, 4) is 0 Å². The van der Waals surface area contributed by atoms with Gasteiger partial charge in [-0.1, -0.05) is 60.7 Å². The maximum Gasteiger partial charge on any atom is 0.0190 e. The van der Waals surface area contributed by atoms with Crippen LogP contribution in [0.2, 0.25) is 0 Å². The van der Waals surface area contributed by atoms with Crippen LogP contribution in [-0.2, 0) is 11.5 Å². The van der Waals surface area contributed by atoms with Crippen LogP contribution in [0.25, 0.3) is 0 Å². The van der Waals surface area contributed by atoms with Gasteiger partial charge >= 0.3 is 0 Å². The smallest absolute Gasteiger partial charge is 0.0190 e. The van der Waals surface area contributed by atoms with E-state index in [0.29, 0.717) is 9.49 Å². The Morgan fingerprint density at radius 1 is 0.538 bits per heavy atom. The van der Waals surface area contributed by atoms with Gasteiger partial charge in [0.2, 0.25) is 0 Å². The summed E-state index contributed by atoms with van der Waals surface area (Å²) in [6, 6.07) is 22.1. The minimum Gasteiger partial charge on any atom is -0.150 e. The van der Waals surface area contributed by atoms with Gasteiger partial charge in [-0.25, -0.2) is 0 Å². The Balaban J connectivity index is 1.01. The van der Waals surface area contributed by atoms with Crippen molar-refractivity contribution in [2.24, 2.45) is 10.8 Å². The van der Waals surface area contributed by atoms with E-state index in [1.807, 2.05) is 0 Å². The molecule has 0 saturated heterocycles. The van der Waals surface area contributed by atoms with Gasteiger partial charge in [0.05, 0.1) is 0 Å². The van der Waals surface area contributed by atoms with Crippen molar-refractivity contribution in [1.29, 1.82) is 0 Å². The average Bonchev–Trinajstić information content (AvgIpc) is 2.54. The van der Waals surface area contributed by atoms with Crippen molar-refractivity contribution < 1.29 is 0 Å². The van der Waals surface area contributed by atoms with Crippen LogP contribution in [0.4, 0.5) is 0 Å². The summed E-state index contributed by atoms with van der Waals surface area (Å²) in [5.74, 6) is 2.42. The van der Waals surface area contributed by atoms with Crippen molar-refractivity contribution in [3.05, 3.63) is 71.8 Å². The molecule has 0 amide bonds. The SMILES string of the molecule is c1ccc(CSC23CC(C45CC(SCc6ccccc6)(C4)C5)(C2)C3)cc1. The van der Waals surface area contributed by atoms with E-state index in [-0.39, 0.29) is 0 Å². The standard InChI is InChI=1S/C24H26S2/c1-3-7-19(8-4-1)11-25-23-13-21(14-23,15-23)22-16-24(17-22,18-22)26-12-20-9-5-2-6-10-20/h1-10H,11-18H2. The van der Waals surface area contributed by atoms with Crippen LogP contribution in [-0.4, -0.2) is 9.49 Å². The molecule has 8 rings (SSSR count). The molecular weight excluding hydrogens is 352 g/mol. The van der Waals surface area contributed by atoms with Gasteiger partial charge in [0.15, 0.2) is 0 Å². The van der Waals surface area contributed by atoms with Crippen molar-refractivity contribution in [2.75, 3.05) is 0 Å². The molecule has 134 valence electrons. The molecule has 6 fully saturated rings. The molecule has 2 aromatic rings. The third-order valence-electron chi connectivity index (χ3n) is 7.86. The molecule has 0 aliphatic heterocycles. The van der Waals surface area contributed by atoms with Crippen LogP contribution in [0, 0.1) is 10.8 Å². The number of hydrogen-bond donors (Lipinski definition) is 0. The summed E-state index contributed by atoms with van der Waals surface area (Å²) in [5, 5.41) is 0. The fourth-order valence-electron chi connectivity index (χ4n) is 6.44. The zero-order chi connectivity index (χ0) is 17.3. The molecule has 4 bridgehead atoms. The van der Waals surface area contributed by atoms with E-state index < -0.39 is 0 Å². The predicted molar refractivity (Wildman–Crippen MR) is 114 cm³/mol. The Labute approximate surface area is 165 Å². The monoisotopic (exact) mass is 378 g/mol.